The topological polar surface area (TPSA) is 21.3 Å². The van der Waals surface area contributed by atoms with Gasteiger partial charge in [-0.25, -0.2) is 4.39 Å². The Labute approximate surface area is 109 Å². The third kappa shape index (κ3) is 3.02. The van der Waals surface area contributed by atoms with Crippen LogP contribution in [0.25, 0.3) is 0 Å². The molecule has 2 nitrogen and oxygen atoms in total. The fourth-order valence-corrected chi connectivity index (χ4v) is 2.47. The molecule has 0 aromatic heterocycles. The van der Waals surface area contributed by atoms with Gasteiger partial charge in [0.2, 0.25) is 0 Å². The third-order valence-electron chi connectivity index (χ3n) is 3.90. The Morgan fingerprint density at radius 2 is 2.28 bits per heavy atom. The molecule has 1 saturated heterocycles. The molecule has 1 heterocycles. The van der Waals surface area contributed by atoms with E-state index in [-0.39, 0.29) is 11.4 Å². The van der Waals surface area contributed by atoms with E-state index in [0.29, 0.717) is 6.04 Å². The second kappa shape index (κ2) is 5.27. The largest absolute Gasteiger partial charge is 0.382 e. The highest BCUT2D eigenvalue weighted by Gasteiger charge is 2.31. The highest BCUT2D eigenvalue weighted by molar-refractivity contribution is 5.51. The zero-order valence-electron chi connectivity index (χ0n) is 11.4. The van der Waals surface area contributed by atoms with Gasteiger partial charge in [-0.3, -0.25) is 0 Å². The molecule has 1 aromatic rings. The minimum absolute atomic E-state index is 0.0445. The number of hydrogen-bond donors (Lipinski definition) is 1. The molecule has 1 aromatic carbocycles. The first-order valence-electron chi connectivity index (χ1n) is 6.69. The van der Waals surface area contributed by atoms with Crippen molar-refractivity contribution in [3.05, 3.63) is 29.6 Å². The van der Waals surface area contributed by atoms with Gasteiger partial charge in [-0.2, -0.15) is 0 Å². The molecule has 18 heavy (non-hydrogen) atoms. The SMILES string of the molecule is CCC1(C)CC(Nc2cc(F)ccc2C)CCO1. The van der Waals surface area contributed by atoms with Gasteiger partial charge in [-0.15, -0.1) is 0 Å². The molecule has 1 aliphatic heterocycles. The van der Waals surface area contributed by atoms with E-state index in [9.17, 15) is 4.39 Å². The molecule has 0 spiro atoms. The van der Waals surface area contributed by atoms with Crippen LogP contribution in [0.2, 0.25) is 0 Å². The summed E-state index contributed by atoms with van der Waals surface area (Å²) in [5.41, 5.74) is 1.94. The summed E-state index contributed by atoms with van der Waals surface area (Å²) in [5.74, 6) is -0.187. The first-order chi connectivity index (χ1) is 8.52. The maximum atomic E-state index is 13.3. The zero-order chi connectivity index (χ0) is 13.2. The van der Waals surface area contributed by atoms with Gasteiger partial charge >= 0.3 is 0 Å². The second-order valence-corrected chi connectivity index (χ2v) is 5.45. The molecule has 2 atom stereocenters. The third-order valence-corrected chi connectivity index (χ3v) is 3.90. The lowest BCUT2D eigenvalue weighted by Gasteiger charge is -2.38. The summed E-state index contributed by atoms with van der Waals surface area (Å²) in [5, 5.41) is 3.46. The van der Waals surface area contributed by atoms with Crippen molar-refractivity contribution in [2.24, 2.45) is 0 Å². The van der Waals surface area contributed by atoms with Gasteiger partial charge in [0.05, 0.1) is 5.60 Å². The van der Waals surface area contributed by atoms with Crippen molar-refractivity contribution in [1.29, 1.82) is 0 Å². The molecule has 0 aliphatic carbocycles. The number of hydrogen-bond acceptors (Lipinski definition) is 2. The van der Waals surface area contributed by atoms with Crippen LogP contribution in [0.5, 0.6) is 0 Å². The number of aryl methyl sites for hydroxylation is 1. The minimum atomic E-state index is -0.187. The fourth-order valence-electron chi connectivity index (χ4n) is 2.47. The zero-order valence-corrected chi connectivity index (χ0v) is 11.4. The van der Waals surface area contributed by atoms with Gasteiger partial charge in [-0.05, 0) is 50.8 Å². The first-order valence-corrected chi connectivity index (χ1v) is 6.69. The van der Waals surface area contributed by atoms with E-state index in [1.807, 2.05) is 13.0 Å². The average Bonchev–Trinajstić information content (AvgIpc) is 2.34. The van der Waals surface area contributed by atoms with Crippen molar-refractivity contribution in [1.82, 2.24) is 0 Å². The Bertz CT molecular complexity index is 421. The van der Waals surface area contributed by atoms with E-state index < -0.39 is 0 Å². The van der Waals surface area contributed by atoms with Crippen molar-refractivity contribution in [2.45, 2.75) is 51.7 Å². The standard InChI is InChI=1S/C15H22FNO/c1-4-15(3)10-13(7-8-18-15)17-14-9-12(16)6-5-11(14)2/h5-6,9,13,17H,4,7-8,10H2,1-3H3. The molecule has 1 fully saturated rings. The van der Waals surface area contributed by atoms with Gasteiger partial charge in [-0.1, -0.05) is 13.0 Å². The van der Waals surface area contributed by atoms with E-state index in [1.165, 1.54) is 6.07 Å². The summed E-state index contributed by atoms with van der Waals surface area (Å²) < 4.78 is 19.1. The van der Waals surface area contributed by atoms with Crippen LogP contribution in [0, 0.1) is 12.7 Å². The second-order valence-electron chi connectivity index (χ2n) is 5.45. The molecule has 0 bridgehead atoms. The first kappa shape index (κ1) is 13.3. The predicted molar refractivity (Wildman–Crippen MR) is 72.4 cm³/mol. The van der Waals surface area contributed by atoms with Crippen LogP contribution >= 0.6 is 0 Å². The Morgan fingerprint density at radius 3 is 3.00 bits per heavy atom. The molecule has 1 aliphatic rings. The number of benzene rings is 1. The fraction of sp³-hybridized carbons (Fsp3) is 0.600. The van der Waals surface area contributed by atoms with Crippen LogP contribution in [0.1, 0.15) is 38.7 Å². The summed E-state index contributed by atoms with van der Waals surface area (Å²) in [6, 6.07) is 5.26. The minimum Gasteiger partial charge on any atom is -0.382 e. The highest BCUT2D eigenvalue weighted by atomic mass is 19.1. The van der Waals surface area contributed by atoms with E-state index in [0.717, 1.165) is 37.1 Å². The summed E-state index contributed by atoms with van der Waals surface area (Å²) in [6.45, 7) is 7.07. The normalized spacial score (nSPS) is 28.1. The van der Waals surface area contributed by atoms with Crippen LogP contribution in [0.15, 0.2) is 18.2 Å². The highest BCUT2D eigenvalue weighted by Crippen LogP contribution is 2.30. The van der Waals surface area contributed by atoms with Gasteiger partial charge in [0, 0.05) is 18.3 Å². The number of rotatable bonds is 3. The van der Waals surface area contributed by atoms with Gasteiger partial charge in [0.15, 0.2) is 0 Å². The summed E-state index contributed by atoms with van der Waals surface area (Å²) >= 11 is 0. The molecule has 2 rings (SSSR count). The maximum absolute atomic E-state index is 13.3. The average molecular weight is 251 g/mol. The molecule has 3 heteroatoms. The molecular weight excluding hydrogens is 229 g/mol. The predicted octanol–water partition coefficient (Wildman–Crippen LogP) is 3.89. The van der Waals surface area contributed by atoms with Gasteiger partial charge in [0.25, 0.3) is 0 Å². The molecule has 1 N–H and O–H groups in total. The maximum Gasteiger partial charge on any atom is 0.125 e. The molecular formula is C15H22FNO. The van der Waals surface area contributed by atoms with Gasteiger partial charge < -0.3 is 10.1 Å². The summed E-state index contributed by atoms with van der Waals surface area (Å²) in [6.07, 6.45) is 2.96. The number of nitrogens with one attached hydrogen (secondary N) is 1. The Hall–Kier alpha value is -1.09. The van der Waals surface area contributed by atoms with E-state index >= 15 is 0 Å². The smallest absolute Gasteiger partial charge is 0.125 e. The van der Waals surface area contributed by atoms with E-state index in [1.54, 1.807) is 6.07 Å². The Balaban J connectivity index is 2.07. The van der Waals surface area contributed by atoms with Gasteiger partial charge in [0.1, 0.15) is 5.82 Å². The monoisotopic (exact) mass is 251 g/mol. The van der Waals surface area contributed by atoms with E-state index in [4.69, 9.17) is 4.74 Å². The summed E-state index contributed by atoms with van der Waals surface area (Å²) in [4.78, 5) is 0. The number of ether oxygens (including phenoxy) is 1. The van der Waals surface area contributed by atoms with Crippen LogP contribution in [0.4, 0.5) is 10.1 Å². The van der Waals surface area contributed by atoms with Crippen molar-refractivity contribution < 1.29 is 9.13 Å². The van der Waals surface area contributed by atoms with Crippen LogP contribution in [0.3, 0.4) is 0 Å². The molecule has 0 amide bonds. The van der Waals surface area contributed by atoms with Crippen LogP contribution in [-0.2, 0) is 4.74 Å². The lowest BCUT2D eigenvalue weighted by molar-refractivity contribution is -0.0708. The molecule has 100 valence electrons. The lowest BCUT2D eigenvalue weighted by Crippen LogP contribution is -2.41. The van der Waals surface area contributed by atoms with Crippen molar-refractivity contribution in [3.8, 4) is 0 Å². The van der Waals surface area contributed by atoms with Crippen molar-refractivity contribution >= 4 is 5.69 Å². The molecule has 2 unspecified atom stereocenters. The van der Waals surface area contributed by atoms with Crippen molar-refractivity contribution in [3.63, 3.8) is 0 Å². The quantitative estimate of drug-likeness (QED) is 0.880. The lowest BCUT2D eigenvalue weighted by atomic mass is 9.89. The summed E-state index contributed by atoms with van der Waals surface area (Å²) in [7, 11) is 0. The number of anilines is 1. The van der Waals surface area contributed by atoms with Crippen LogP contribution in [-0.4, -0.2) is 18.2 Å². The van der Waals surface area contributed by atoms with E-state index in [2.05, 4.69) is 19.2 Å². The molecule has 0 saturated carbocycles. The number of halogens is 1. The van der Waals surface area contributed by atoms with Crippen LogP contribution < -0.4 is 5.32 Å². The Kier molecular flexibility index (Phi) is 3.91. The Morgan fingerprint density at radius 1 is 1.50 bits per heavy atom. The molecule has 0 radical (unpaired) electrons. The van der Waals surface area contributed by atoms with Crippen molar-refractivity contribution in [2.75, 3.05) is 11.9 Å².